The van der Waals surface area contributed by atoms with Crippen LogP contribution >= 0.6 is 11.3 Å². The molecule has 0 radical (unpaired) electrons. The first-order valence-corrected chi connectivity index (χ1v) is 12.6. The normalized spacial score (nSPS) is 11.0. The summed E-state index contributed by atoms with van der Waals surface area (Å²) in [7, 11) is 1.63. The number of carbonyl (C=O) groups excluding carboxylic acids is 1. The van der Waals surface area contributed by atoms with Gasteiger partial charge in [0, 0.05) is 23.1 Å². The Morgan fingerprint density at radius 3 is 2.39 bits per heavy atom. The van der Waals surface area contributed by atoms with Crippen molar-refractivity contribution < 1.29 is 18.7 Å². The molecule has 3 N–H and O–H groups in total. The van der Waals surface area contributed by atoms with Gasteiger partial charge in [-0.1, -0.05) is 48.5 Å². The van der Waals surface area contributed by atoms with E-state index in [4.69, 9.17) is 20.0 Å². The molecule has 38 heavy (non-hydrogen) atoms. The molecule has 0 bridgehead atoms. The molecule has 0 atom stereocenters. The molecule has 3 aromatic carbocycles. The molecule has 0 aliphatic rings. The highest BCUT2D eigenvalue weighted by Crippen LogP contribution is 2.41. The van der Waals surface area contributed by atoms with E-state index in [1.54, 1.807) is 18.0 Å². The molecular formula is C29H22N5O3S+. The Bertz CT molecular complexity index is 1750. The number of benzene rings is 3. The smallest absolute Gasteiger partial charge is 0.303 e. The molecule has 1 amide bonds. The lowest BCUT2D eigenvalue weighted by molar-refractivity contribution is -0.670. The third-order valence-electron chi connectivity index (χ3n) is 6.10. The molecule has 0 saturated carbocycles. The summed E-state index contributed by atoms with van der Waals surface area (Å²) >= 11 is 1.24. The zero-order chi connectivity index (χ0) is 26.1. The summed E-state index contributed by atoms with van der Waals surface area (Å²) in [6.07, 6.45) is 1.60. The van der Waals surface area contributed by atoms with Crippen molar-refractivity contribution in [3.05, 3.63) is 102 Å². The van der Waals surface area contributed by atoms with Crippen LogP contribution in [-0.4, -0.2) is 23.3 Å². The van der Waals surface area contributed by atoms with Crippen LogP contribution in [-0.2, 0) is 0 Å². The van der Waals surface area contributed by atoms with Gasteiger partial charge < -0.3 is 10.5 Å². The van der Waals surface area contributed by atoms with Crippen molar-refractivity contribution in [2.75, 3.05) is 18.2 Å². The molecule has 0 fully saturated rings. The fraction of sp³-hybridized carbons (Fsp3) is 0.0345. The molecule has 9 heteroatoms. The Kier molecular flexibility index (Phi) is 6.03. The molecule has 8 nitrogen and oxygen atoms in total. The zero-order valence-corrected chi connectivity index (χ0v) is 21.1. The zero-order valence-electron chi connectivity index (χ0n) is 20.3. The summed E-state index contributed by atoms with van der Waals surface area (Å²) in [5, 5.41) is 7.49. The molecule has 6 aromatic rings. The van der Waals surface area contributed by atoms with E-state index in [-0.39, 0.29) is 5.88 Å². The quantitative estimate of drug-likeness (QED) is 0.271. The number of pyridine rings is 1. The Balaban J connectivity index is 1.41. The van der Waals surface area contributed by atoms with E-state index in [2.05, 4.69) is 10.6 Å². The van der Waals surface area contributed by atoms with Gasteiger partial charge in [-0.25, -0.2) is 4.98 Å². The van der Waals surface area contributed by atoms with Crippen LogP contribution in [0.4, 0.5) is 11.6 Å². The number of carbonyl (C=O) groups is 1. The lowest BCUT2D eigenvalue weighted by atomic mass is 9.99. The number of ether oxygens (including phenoxy) is 1. The first-order valence-electron chi connectivity index (χ1n) is 11.8. The molecule has 3 heterocycles. The maximum atomic E-state index is 13.3. The number of amides is 1. The number of rotatable bonds is 6. The van der Waals surface area contributed by atoms with Crippen LogP contribution in [0.15, 0.2) is 102 Å². The number of aromatic nitrogens is 3. The number of hydrogen-bond donors (Lipinski definition) is 2. The number of fused-ring (bicyclic) bond motifs is 1. The summed E-state index contributed by atoms with van der Waals surface area (Å²) in [6, 6.07) is 29.1. The highest BCUT2D eigenvalue weighted by atomic mass is 32.1. The molecule has 186 valence electrons. The number of nitrogens with zero attached hydrogens (tertiary/aromatic N) is 3. The lowest BCUT2D eigenvalue weighted by Gasteiger charge is -2.09. The highest BCUT2D eigenvalue weighted by Gasteiger charge is 2.24. The second-order valence-corrected chi connectivity index (χ2v) is 9.47. The topological polar surface area (TPSA) is 107 Å². The summed E-state index contributed by atoms with van der Waals surface area (Å²) in [6.45, 7) is 0. The Morgan fingerprint density at radius 2 is 1.68 bits per heavy atom. The average molecular weight is 521 g/mol. The largest absolute Gasteiger partial charge is 0.497 e. The minimum atomic E-state index is -0.396. The van der Waals surface area contributed by atoms with Gasteiger partial charge in [-0.3, -0.25) is 14.6 Å². The Labute approximate surface area is 221 Å². The number of nitrogen functional groups attached to an aromatic ring is 1. The number of hydrogen-bond acceptors (Lipinski definition) is 7. The van der Waals surface area contributed by atoms with Crippen molar-refractivity contribution in [2.45, 2.75) is 0 Å². The minimum absolute atomic E-state index is 0.200. The molecule has 0 spiro atoms. The first-order chi connectivity index (χ1) is 18.6. The Hall–Kier alpha value is -5.02. The Morgan fingerprint density at radius 1 is 0.974 bits per heavy atom. The number of nitrogens with two attached hydrogens (primary N) is 1. The predicted molar refractivity (Wildman–Crippen MR) is 147 cm³/mol. The summed E-state index contributed by atoms with van der Waals surface area (Å²) < 4.78 is 12.2. The van der Waals surface area contributed by atoms with Crippen LogP contribution in [0.25, 0.3) is 38.3 Å². The molecule has 3 aromatic heterocycles. The third-order valence-corrected chi connectivity index (χ3v) is 7.20. The van der Waals surface area contributed by atoms with Crippen molar-refractivity contribution in [3.63, 3.8) is 0 Å². The van der Waals surface area contributed by atoms with Crippen molar-refractivity contribution in [1.29, 1.82) is 0 Å². The van der Waals surface area contributed by atoms with Crippen LogP contribution in [0.3, 0.4) is 0 Å². The van der Waals surface area contributed by atoms with E-state index in [1.165, 1.54) is 11.3 Å². The molecule has 0 aliphatic heterocycles. The number of para-hydroxylation sites is 1. The van der Waals surface area contributed by atoms with Crippen LogP contribution in [0, 0.1) is 0 Å². The standard InChI is InChI=1S/C29H21N5O3S/c1-36-21-14-12-19(13-15-21)23-16-22(18-8-4-2-5-9-18)25-26(30)27(38-29(25)31-23)28(35)32-24-17-34(33-37-24)20-10-6-3-7-11-20/h2-17H,1H3,(H2-,30,32,33,35)/p+1. The fourth-order valence-corrected chi connectivity index (χ4v) is 5.23. The van der Waals surface area contributed by atoms with E-state index in [9.17, 15) is 4.79 Å². The monoisotopic (exact) mass is 520 g/mol. The van der Waals surface area contributed by atoms with Gasteiger partial charge in [0.25, 0.3) is 12.1 Å². The SMILES string of the molecule is COc1ccc(-c2cc(-c3ccccc3)c3c(N)c(C(=O)Nc4c[n+](-c5ccccc5)no4)sc3n2)cc1. The molecule has 6 rings (SSSR count). The van der Waals surface area contributed by atoms with Crippen molar-refractivity contribution >= 4 is 39.0 Å². The summed E-state index contributed by atoms with van der Waals surface area (Å²) in [5.74, 6) is 0.566. The van der Waals surface area contributed by atoms with Gasteiger partial charge in [-0.05, 0) is 46.1 Å². The van der Waals surface area contributed by atoms with Gasteiger partial charge in [0.2, 0.25) is 11.0 Å². The summed E-state index contributed by atoms with van der Waals surface area (Å²) in [4.78, 5) is 19.2. The lowest BCUT2D eigenvalue weighted by Crippen LogP contribution is -2.31. The third kappa shape index (κ3) is 4.35. The fourth-order valence-electron chi connectivity index (χ4n) is 4.22. The molecule has 0 saturated heterocycles. The molecule has 0 aliphatic carbocycles. The second-order valence-electron chi connectivity index (χ2n) is 8.48. The van der Waals surface area contributed by atoms with Crippen molar-refractivity contribution in [1.82, 2.24) is 10.3 Å². The maximum absolute atomic E-state index is 13.3. The molecular weight excluding hydrogens is 498 g/mol. The van der Waals surface area contributed by atoms with Gasteiger partial charge in [0.1, 0.15) is 15.5 Å². The first kappa shape index (κ1) is 23.4. The van der Waals surface area contributed by atoms with Crippen LogP contribution in [0.2, 0.25) is 0 Å². The minimum Gasteiger partial charge on any atom is -0.497 e. The van der Waals surface area contributed by atoms with E-state index < -0.39 is 5.91 Å². The van der Waals surface area contributed by atoms with Crippen molar-refractivity contribution in [2.24, 2.45) is 0 Å². The average Bonchev–Trinajstić information content (AvgIpc) is 3.58. The molecule has 0 unspecified atom stereocenters. The van der Waals surface area contributed by atoms with Gasteiger partial charge in [0.15, 0.2) is 0 Å². The van der Waals surface area contributed by atoms with Gasteiger partial charge in [0.05, 0.1) is 18.5 Å². The van der Waals surface area contributed by atoms with E-state index in [0.717, 1.165) is 39.2 Å². The van der Waals surface area contributed by atoms with Crippen LogP contribution in [0.1, 0.15) is 9.67 Å². The van der Waals surface area contributed by atoms with Crippen LogP contribution in [0.5, 0.6) is 5.75 Å². The van der Waals surface area contributed by atoms with Gasteiger partial charge in [-0.2, -0.15) is 0 Å². The maximum Gasteiger partial charge on any atom is 0.303 e. The van der Waals surface area contributed by atoms with E-state index >= 15 is 0 Å². The number of methoxy groups -OCH3 is 1. The van der Waals surface area contributed by atoms with Crippen LogP contribution < -0.4 is 20.5 Å². The predicted octanol–water partition coefficient (Wildman–Crippen LogP) is 5.74. The number of anilines is 2. The highest BCUT2D eigenvalue weighted by molar-refractivity contribution is 7.21. The second kappa shape index (κ2) is 9.79. The summed E-state index contributed by atoms with van der Waals surface area (Å²) in [5.41, 5.74) is 11.3. The van der Waals surface area contributed by atoms with Gasteiger partial charge >= 0.3 is 5.88 Å². The van der Waals surface area contributed by atoms with Crippen molar-refractivity contribution in [3.8, 4) is 33.8 Å². The van der Waals surface area contributed by atoms with E-state index in [0.29, 0.717) is 15.4 Å². The van der Waals surface area contributed by atoms with E-state index in [1.807, 2.05) is 91.0 Å². The van der Waals surface area contributed by atoms with Gasteiger partial charge in [-0.15, -0.1) is 11.3 Å². The number of thiophene rings is 1. The number of nitrogens with one attached hydrogen (secondary N) is 1.